The normalized spacial score (nSPS) is 10.3. The molecule has 0 spiro atoms. The zero-order valence-corrected chi connectivity index (χ0v) is 12.7. The summed E-state index contributed by atoms with van der Waals surface area (Å²) in [5, 5.41) is 14.0. The van der Waals surface area contributed by atoms with Gasteiger partial charge >= 0.3 is 0 Å². The number of hydrogen-bond donors (Lipinski definition) is 1. The van der Waals surface area contributed by atoms with Gasteiger partial charge < -0.3 is 5.32 Å². The number of benzene rings is 2. The average molecular weight is 335 g/mol. The molecule has 2 aromatic rings. The molecule has 20 heavy (non-hydrogen) atoms. The topological polar surface area (TPSA) is 55.2 Å². The monoisotopic (exact) mass is 334 g/mol. The molecule has 4 nitrogen and oxygen atoms in total. The van der Waals surface area contributed by atoms with Crippen molar-refractivity contribution in [1.29, 1.82) is 0 Å². The van der Waals surface area contributed by atoms with Crippen LogP contribution >= 0.6 is 15.9 Å². The first-order valence-corrected chi connectivity index (χ1v) is 7.09. The van der Waals surface area contributed by atoms with E-state index in [1.165, 1.54) is 23.3 Å². The minimum Gasteiger partial charge on any atom is -0.384 e. The Hall–Kier alpha value is -1.88. The Kier molecular flexibility index (Phi) is 4.74. The molecule has 0 saturated heterocycles. The van der Waals surface area contributed by atoms with Gasteiger partial charge in [-0.05, 0) is 46.5 Å². The van der Waals surface area contributed by atoms with Crippen LogP contribution in [0.5, 0.6) is 0 Å². The van der Waals surface area contributed by atoms with Crippen LogP contribution in [0.3, 0.4) is 0 Å². The van der Waals surface area contributed by atoms with Gasteiger partial charge in [0.1, 0.15) is 0 Å². The van der Waals surface area contributed by atoms with Gasteiger partial charge in [-0.2, -0.15) is 0 Å². The molecule has 0 aliphatic rings. The van der Waals surface area contributed by atoms with Crippen LogP contribution in [0.4, 0.5) is 11.4 Å². The standard InChI is InChI=1S/C15H15BrN2O2/c1-11-4-2-3-5-12(11)8-9-17-15-7-6-13(18(19)20)10-14(15)16/h2-7,10,17H,8-9H2,1H3. The summed E-state index contributed by atoms with van der Waals surface area (Å²) in [6.45, 7) is 2.87. The maximum atomic E-state index is 10.7. The van der Waals surface area contributed by atoms with Crippen LogP contribution in [0.1, 0.15) is 11.1 Å². The smallest absolute Gasteiger partial charge is 0.270 e. The van der Waals surface area contributed by atoms with E-state index in [1.807, 2.05) is 12.1 Å². The summed E-state index contributed by atoms with van der Waals surface area (Å²) in [6, 6.07) is 13.0. The molecular weight excluding hydrogens is 320 g/mol. The fourth-order valence-corrected chi connectivity index (χ4v) is 2.49. The highest BCUT2D eigenvalue weighted by molar-refractivity contribution is 9.10. The van der Waals surface area contributed by atoms with E-state index in [9.17, 15) is 10.1 Å². The lowest BCUT2D eigenvalue weighted by molar-refractivity contribution is -0.384. The highest BCUT2D eigenvalue weighted by atomic mass is 79.9. The van der Waals surface area contributed by atoms with Crippen LogP contribution in [0.25, 0.3) is 0 Å². The van der Waals surface area contributed by atoms with E-state index in [4.69, 9.17) is 0 Å². The Morgan fingerprint density at radius 2 is 2.00 bits per heavy atom. The second kappa shape index (κ2) is 6.52. The maximum Gasteiger partial charge on any atom is 0.270 e. The van der Waals surface area contributed by atoms with E-state index in [2.05, 4.69) is 40.3 Å². The van der Waals surface area contributed by atoms with Crippen molar-refractivity contribution in [3.8, 4) is 0 Å². The molecule has 104 valence electrons. The van der Waals surface area contributed by atoms with Crippen molar-refractivity contribution in [2.75, 3.05) is 11.9 Å². The predicted molar refractivity (Wildman–Crippen MR) is 84.2 cm³/mol. The summed E-state index contributed by atoms with van der Waals surface area (Å²) < 4.78 is 0.705. The van der Waals surface area contributed by atoms with Gasteiger partial charge in [-0.3, -0.25) is 10.1 Å². The highest BCUT2D eigenvalue weighted by Crippen LogP contribution is 2.27. The van der Waals surface area contributed by atoms with Gasteiger partial charge in [0.25, 0.3) is 5.69 Å². The third kappa shape index (κ3) is 3.57. The Morgan fingerprint density at radius 1 is 1.25 bits per heavy atom. The van der Waals surface area contributed by atoms with E-state index in [0.717, 1.165) is 18.7 Å². The van der Waals surface area contributed by atoms with Gasteiger partial charge in [-0.15, -0.1) is 0 Å². The molecular formula is C15H15BrN2O2. The van der Waals surface area contributed by atoms with Crippen LogP contribution in [0.15, 0.2) is 46.9 Å². The van der Waals surface area contributed by atoms with Crippen LogP contribution in [-0.4, -0.2) is 11.5 Å². The molecule has 0 fully saturated rings. The molecule has 0 atom stereocenters. The quantitative estimate of drug-likeness (QED) is 0.654. The summed E-state index contributed by atoms with van der Waals surface area (Å²) in [4.78, 5) is 10.3. The molecule has 0 radical (unpaired) electrons. The number of aryl methyl sites for hydroxylation is 1. The Bertz CT molecular complexity index is 629. The molecule has 0 unspecified atom stereocenters. The molecule has 0 aromatic heterocycles. The molecule has 0 saturated carbocycles. The number of non-ortho nitro benzene ring substituents is 1. The van der Waals surface area contributed by atoms with Gasteiger partial charge in [0.15, 0.2) is 0 Å². The van der Waals surface area contributed by atoms with Crippen molar-refractivity contribution in [1.82, 2.24) is 0 Å². The zero-order valence-electron chi connectivity index (χ0n) is 11.1. The molecule has 1 N–H and O–H groups in total. The Balaban J connectivity index is 1.98. The molecule has 0 bridgehead atoms. The van der Waals surface area contributed by atoms with Crippen molar-refractivity contribution < 1.29 is 4.92 Å². The highest BCUT2D eigenvalue weighted by Gasteiger charge is 2.08. The molecule has 0 aliphatic heterocycles. The number of anilines is 1. The summed E-state index contributed by atoms with van der Waals surface area (Å²) in [7, 11) is 0. The second-order valence-electron chi connectivity index (χ2n) is 4.52. The SMILES string of the molecule is Cc1ccccc1CCNc1ccc([N+](=O)[O-])cc1Br. The van der Waals surface area contributed by atoms with Crippen LogP contribution in [0.2, 0.25) is 0 Å². The summed E-state index contributed by atoms with van der Waals surface area (Å²) in [5.74, 6) is 0. The Morgan fingerprint density at radius 3 is 2.65 bits per heavy atom. The largest absolute Gasteiger partial charge is 0.384 e. The summed E-state index contributed by atoms with van der Waals surface area (Å²) >= 11 is 3.35. The van der Waals surface area contributed by atoms with E-state index in [0.29, 0.717) is 4.47 Å². The number of hydrogen-bond acceptors (Lipinski definition) is 3. The number of rotatable bonds is 5. The molecule has 0 amide bonds. The van der Waals surface area contributed by atoms with Crippen molar-refractivity contribution in [2.24, 2.45) is 0 Å². The first-order valence-electron chi connectivity index (χ1n) is 6.30. The number of nitrogens with one attached hydrogen (secondary N) is 1. The number of halogens is 1. The first-order chi connectivity index (χ1) is 9.58. The minimum absolute atomic E-state index is 0.0846. The third-order valence-corrected chi connectivity index (χ3v) is 3.79. The predicted octanol–water partition coefficient (Wildman–Crippen LogP) is 4.32. The van der Waals surface area contributed by atoms with Crippen LogP contribution in [-0.2, 0) is 6.42 Å². The van der Waals surface area contributed by atoms with Gasteiger partial charge in [0.2, 0.25) is 0 Å². The third-order valence-electron chi connectivity index (χ3n) is 3.13. The first kappa shape index (κ1) is 14.5. The van der Waals surface area contributed by atoms with Gasteiger partial charge in [0.05, 0.1) is 4.92 Å². The Labute approximate surface area is 126 Å². The van der Waals surface area contributed by atoms with E-state index in [1.54, 1.807) is 6.07 Å². The van der Waals surface area contributed by atoms with Crippen LogP contribution in [0, 0.1) is 17.0 Å². The van der Waals surface area contributed by atoms with E-state index in [-0.39, 0.29) is 5.69 Å². The fourth-order valence-electron chi connectivity index (χ4n) is 1.98. The van der Waals surface area contributed by atoms with E-state index >= 15 is 0 Å². The molecule has 2 aromatic carbocycles. The lowest BCUT2D eigenvalue weighted by Crippen LogP contribution is -2.06. The zero-order chi connectivity index (χ0) is 14.5. The molecule has 2 rings (SSSR count). The van der Waals surface area contributed by atoms with E-state index < -0.39 is 4.92 Å². The number of nitrogens with zero attached hydrogens (tertiary/aromatic N) is 1. The van der Waals surface area contributed by atoms with Crippen molar-refractivity contribution in [3.05, 3.63) is 68.2 Å². The van der Waals surface area contributed by atoms with Crippen molar-refractivity contribution >= 4 is 27.3 Å². The van der Waals surface area contributed by atoms with Gasteiger partial charge in [0, 0.05) is 28.8 Å². The second-order valence-corrected chi connectivity index (χ2v) is 5.38. The lowest BCUT2D eigenvalue weighted by Gasteiger charge is -2.09. The van der Waals surface area contributed by atoms with Crippen LogP contribution < -0.4 is 5.32 Å². The maximum absolute atomic E-state index is 10.7. The number of nitro benzene ring substituents is 1. The molecule has 5 heteroatoms. The molecule has 0 heterocycles. The number of nitro groups is 1. The minimum atomic E-state index is -0.401. The van der Waals surface area contributed by atoms with Crippen molar-refractivity contribution in [3.63, 3.8) is 0 Å². The summed E-state index contributed by atoms with van der Waals surface area (Å²) in [5.41, 5.74) is 3.53. The van der Waals surface area contributed by atoms with Crippen molar-refractivity contribution in [2.45, 2.75) is 13.3 Å². The van der Waals surface area contributed by atoms with Gasteiger partial charge in [-0.25, -0.2) is 0 Å². The summed E-state index contributed by atoms with van der Waals surface area (Å²) in [6.07, 6.45) is 0.913. The molecule has 0 aliphatic carbocycles. The fraction of sp³-hybridized carbons (Fsp3) is 0.200. The van der Waals surface area contributed by atoms with Gasteiger partial charge in [-0.1, -0.05) is 24.3 Å². The lowest BCUT2D eigenvalue weighted by atomic mass is 10.1. The average Bonchev–Trinajstić information content (AvgIpc) is 2.42.